The predicted octanol–water partition coefficient (Wildman–Crippen LogP) is 2.32. The van der Waals surface area contributed by atoms with E-state index in [0.717, 1.165) is 5.56 Å². The number of hydrogen-bond acceptors (Lipinski definition) is 5. The highest BCUT2D eigenvalue weighted by molar-refractivity contribution is 7.98. The van der Waals surface area contributed by atoms with Crippen LogP contribution in [0, 0.1) is 0 Å². The van der Waals surface area contributed by atoms with Crippen LogP contribution in [-0.4, -0.2) is 33.8 Å². The van der Waals surface area contributed by atoms with Crippen molar-refractivity contribution in [1.82, 2.24) is 15.3 Å². The Kier molecular flexibility index (Phi) is 5.55. The highest BCUT2D eigenvalue weighted by Crippen LogP contribution is 2.17. The third kappa shape index (κ3) is 4.17. The van der Waals surface area contributed by atoms with E-state index < -0.39 is 12.0 Å². The fourth-order valence-electron chi connectivity index (χ4n) is 1.67. The van der Waals surface area contributed by atoms with Crippen LogP contribution in [0.1, 0.15) is 22.2 Å². The second kappa shape index (κ2) is 7.40. The molecule has 21 heavy (non-hydrogen) atoms. The smallest absolute Gasteiger partial charge is 0.271 e. The number of nitrogens with one attached hydrogen (secondary N) is 1. The van der Waals surface area contributed by atoms with Crippen molar-refractivity contribution < 1.29 is 9.90 Å². The van der Waals surface area contributed by atoms with E-state index >= 15 is 0 Å². The Hall–Kier alpha value is -1.63. The Morgan fingerprint density at radius 3 is 2.81 bits per heavy atom. The minimum atomic E-state index is -0.782. The van der Waals surface area contributed by atoms with Gasteiger partial charge in [-0.3, -0.25) is 4.79 Å². The van der Waals surface area contributed by atoms with Gasteiger partial charge in [-0.15, -0.1) is 0 Å². The lowest BCUT2D eigenvalue weighted by atomic mass is 10.1. The average Bonchev–Trinajstić information content (AvgIpc) is 2.53. The van der Waals surface area contributed by atoms with Gasteiger partial charge in [-0.25, -0.2) is 9.97 Å². The number of benzene rings is 1. The van der Waals surface area contributed by atoms with Gasteiger partial charge in [0.1, 0.15) is 0 Å². The van der Waals surface area contributed by atoms with Crippen LogP contribution in [0.2, 0.25) is 5.02 Å². The van der Waals surface area contributed by atoms with Crippen molar-refractivity contribution in [2.75, 3.05) is 12.8 Å². The number of rotatable bonds is 5. The molecule has 0 aliphatic heterocycles. The average molecular weight is 324 g/mol. The minimum Gasteiger partial charge on any atom is -0.387 e. The molecule has 0 saturated heterocycles. The summed E-state index contributed by atoms with van der Waals surface area (Å²) in [6.07, 6.45) is 2.42. The van der Waals surface area contributed by atoms with Gasteiger partial charge < -0.3 is 10.4 Å². The van der Waals surface area contributed by atoms with Crippen LogP contribution in [0.4, 0.5) is 0 Å². The van der Waals surface area contributed by atoms with E-state index in [4.69, 9.17) is 11.6 Å². The molecule has 0 radical (unpaired) electrons. The first-order chi connectivity index (χ1) is 10.1. The van der Waals surface area contributed by atoms with Gasteiger partial charge in [-0.05, 0) is 11.8 Å². The van der Waals surface area contributed by atoms with Crippen molar-refractivity contribution in [2.45, 2.75) is 11.3 Å². The number of amides is 1. The van der Waals surface area contributed by atoms with Crippen molar-refractivity contribution in [3.05, 3.63) is 52.8 Å². The molecule has 2 rings (SSSR count). The first-order valence-corrected chi connectivity index (χ1v) is 7.80. The van der Waals surface area contributed by atoms with E-state index in [9.17, 15) is 9.90 Å². The molecule has 1 atom stereocenters. The fraction of sp³-hybridized carbons (Fsp3) is 0.214. The predicted molar refractivity (Wildman–Crippen MR) is 82.6 cm³/mol. The molecule has 2 aromatic rings. The van der Waals surface area contributed by atoms with Crippen molar-refractivity contribution in [3.8, 4) is 0 Å². The van der Waals surface area contributed by atoms with Crippen molar-refractivity contribution >= 4 is 29.3 Å². The molecule has 7 heteroatoms. The topological polar surface area (TPSA) is 75.1 Å². The lowest BCUT2D eigenvalue weighted by molar-refractivity contribution is 0.0910. The highest BCUT2D eigenvalue weighted by atomic mass is 35.5. The molecular formula is C14H14ClN3O2S. The zero-order valence-electron chi connectivity index (χ0n) is 11.3. The van der Waals surface area contributed by atoms with Crippen LogP contribution in [0.25, 0.3) is 0 Å². The first-order valence-electron chi connectivity index (χ1n) is 6.19. The number of carbonyl (C=O) groups is 1. The molecule has 1 unspecified atom stereocenters. The number of nitrogens with zero attached hydrogens (tertiary/aromatic N) is 2. The summed E-state index contributed by atoms with van der Waals surface area (Å²) >= 11 is 7.24. The number of halogens is 1. The monoisotopic (exact) mass is 323 g/mol. The van der Waals surface area contributed by atoms with Gasteiger partial charge in [0.15, 0.2) is 10.9 Å². The quantitative estimate of drug-likeness (QED) is 0.652. The molecule has 0 saturated carbocycles. The van der Waals surface area contributed by atoms with Gasteiger partial charge in [-0.1, -0.05) is 53.7 Å². The van der Waals surface area contributed by atoms with Crippen LogP contribution in [0.15, 0.2) is 41.7 Å². The van der Waals surface area contributed by atoms with E-state index in [1.165, 1.54) is 18.0 Å². The van der Waals surface area contributed by atoms with Crippen LogP contribution in [0.5, 0.6) is 0 Å². The van der Waals surface area contributed by atoms with Crippen LogP contribution < -0.4 is 5.32 Å². The summed E-state index contributed by atoms with van der Waals surface area (Å²) in [5.74, 6) is -0.437. The van der Waals surface area contributed by atoms with Crippen molar-refractivity contribution in [2.24, 2.45) is 0 Å². The molecule has 0 bridgehead atoms. The van der Waals surface area contributed by atoms with E-state index in [1.54, 1.807) is 12.1 Å². The molecule has 110 valence electrons. The second-order valence-corrected chi connectivity index (χ2v) is 5.37. The van der Waals surface area contributed by atoms with Crippen molar-refractivity contribution in [3.63, 3.8) is 0 Å². The number of aliphatic hydroxyl groups is 1. The highest BCUT2D eigenvalue weighted by Gasteiger charge is 2.15. The zero-order valence-corrected chi connectivity index (χ0v) is 12.9. The van der Waals surface area contributed by atoms with Gasteiger partial charge in [0.2, 0.25) is 0 Å². The Morgan fingerprint density at radius 2 is 2.14 bits per heavy atom. The lowest BCUT2D eigenvalue weighted by Crippen LogP contribution is -2.29. The largest absolute Gasteiger partial charge is 0.387 e. The third-order valence-corrected chi connectivity index (χ3v) is 3.60. The molecule has 1 aromatic carbocycles. The molecule has 1 aromatic heterocycles. The number of thioether (sulfide) groups is 1. The molecule has 1 amide bonds. The maximum absolute atomic E-state index is 12.1. The van der Waals surface area contributed by atoms with E-state index in [2.05, 4.69) is 15.3 Å². The summed E-state index contributed by atoms with van der Waals surface area (Å²) < 4.78 is 0. The molecular weight excluding hydrogens is 310 g/mol. The Morgan fingerprint density at radius 1 is 1.43 bits per heavy atom. The lowest BCUT2D eigenvalue weighted by Gasteiger charge is -2.12. The van der Waals surface area contributed by atoms with Crippen LogP contribution in [0.3, 0.4) is 0 Å². The Labute approximate surface area is 131 Å². The summed E-state index contributed by atoms with van der Waals surface area (Å²) in [6.45, 7) is 0.0811. The van der Waals surface area contributed by atoms with Crippen LogP contribution >= 0.6 is 23.4 Å². The summed E-state index contributed by atoms with van der Waals surface area (Å²) in [5, 5.41) is 13.3. The molecule has 0 fully saturated rings. The summed E-state index contributed by atoms with van der Waals surface area (Å²) in [4.78, 5) is 20.1. The number of aromatic nitrogens is 2. The zero-order chi connectivity index (χ0) is 15.2. The number of hydrogen-bond donors (Lipinski definition) is 2. The van der Waals surface area contributed by atoms with Crippen LogP contribution in [-0.2, 0) is 0 Å². The Balaban J connectivity index is 2.02. The summed E-state index contributed by atoms with van der Waals surface area (Å²) in [5.41, 5.74) is 0.840. The van der Waals surface area contributed by atoms with E-state index in [1.807, 2.05) is 24.5 Å². The number of carbonyl (C=O) groups excluding carboxylic acids is 1. The molecule has 0 aliphatic rings. The molecule has 1 heterocycles. The van der Waals surface area contributed by atoms with Gasteiger partial charge in [0, 0.05) is 6.54 Å². The third-order valence-electron chi connectivity index (χ3n) is 2.76. The fourth-order valence-corrected chi connectivity index (χ4v) is 2.19. The van der Waals surface area contributed by atoms with Crippen molar-refractivity contribution in [1.29, 1.82) is 0 Å². The minimum absolute atomic E-state index is 0.0811. The van der Waals surface area contributed by atoms with Gasteiger partial charge >= 0.3 is 0 Å². The van der Waals surface area contributed by atoms with Gasteiger partial charge in [0.25, 0.3) is 5.91 Å². The summed E-state index contributed by atoms with van der Waals surface area (Å²) in [7, 11) is 0. The van der Waals surface area contributed by atoms with Gasteiger partial charge in [0.05, 0.1) is 17.3 Å². The first kappa shape index (κ1) is 15.8. The maximum atomic E-state index is 12.1. The molecule has 0 aliphatic carbocycles. The molecule has 5 nitrogen and oxygen atoms in total. The molecule has 0 spiro atoms. The normalized spacial score (nSPS) is 12.0. The standard InChI is InChI=1S/C14H14ClN3O2S/c1-21-14-17-7-10(15)12(18-14)13(20)16-8-11(19)9-5-3-2-4-6-9/h2-7,11,19H,8H2,1H3,(H,16,20). The van der Waals surface area contributed by atoms with E-state index in [-0.39, 0.29) is 17.3 Å². The van der Waals surface area contributed by atoms with Gasteiger partial charge in [-0.2, -0.15) is 0 Å². The summed E-state index contributed by atoms with van der Waals surface area (Å²) in [6, 6.07) is 9.10. The second-order valence-electron chi connectivity index (χ2n) is 4.19. The van der Waals surface area contributed by atoms with E-state index in [0.29, 0.717) is 5.16 Å². The Bertz CT molecular complexity index is 625. The SMILES string of the molecule is CSc1ncc(Cl)c(C(=O)NCC(O)c2ccccc2)n1. The molecule has 2 N–H and O–H groups in total. The maximum Gasteiger partial charge on any atom is 0.271 e. The number of aliphatic hydroxyl groups excluding tert-OH is 1.